The van der Waals surface area contributed by atoms with Crippen LogP contribution in [0.3, 0.4) is 0 Å². The number of nitro groups is 1. The predicted molar refractivity (Wildman–Crippen MR) is 75.6 cm³/mol. The van der Waals surface area contributed by atoms with Crippen LogP contribution in [0.2, 0.25) is 0 Å². The highest BCUT2D eigenvalue weighted by Crippen LogP contribution is 2.19. The molecule has 1 unspecified atom stereocenters. The van der Waals surface area contributed by atoms with E-state index in [4.69, 9.17) is 0 Å². The van der Waals surface area contributed by atoms with Crippen molar-refractivity contribution >= 4 is 16.5 Å². The Labute approximate surface area is 118 Å². The normalized spacial score (nSPS) is 12.1. The molecule has 2 rings (SSSR count). The molecule has 6 heteroatoms. The van der Waals surface area contributed by atoms with Crippen LogP contribution in [0.4, 0.5) is 5.69 Å². The zero-order valence-corrected chi connectivity index (χ0v) is 11.4. The minimum atomic E-state index is -1.29. The van der Waals surface area contributed by atoms with Crippen molar-refractivity contribution < 1.29 is 14.2 Å². The van der Waals surface area contributed by atoms with Crippen LogP contribution in [-0.2, 0) is 23.2 Å². The van der Waals surface area contributed by atoms with Gasteiger partial charge in [0.25, 0.3) is 5.69 Å². The highest BCUT2D eigenvalue weighted by atomic mass is 32.2. The first-order chi connectivity index (χ1) is 9.61. The largest absolute Gasteiger partial charge is 0.392 e. The lowest BCUT2D eigenvalue weighted by Gasteiger charge is -2.07. The molecule has 20 heavy (non-hydrogen) atoms. The lowest BCUT2D eigenvalue weighted by molar-refractivity contribution is -0.384. The highest BCUT2D eigenvalue weighted by Gasteiger charge is 2.11. The lowest BCUT2D eigenvalue weighted by atomic mass is 10.2. The van der Waals surface area contributed by atoms with E-state index in [1.807, 2.05) is 0 Å². The number of hydrogen-bond acceptors (Lipinski definition) is 4. The zero-order chi connectivity index (χ0) is 14.5. The Morgan fingerprint density at radius 2 is 1.75 bits per heavy atom. The Kier molecular flexibility index (Phi) is 4.60. The van der Waals surface area contributed by atoms with Crippen molar-refractivity contribution in [2.24, 2.45) is 0 Å². The molecule has 0 saturated heterocycles. The van der Waals surface area contributed by atoms with Crippen molar-refractivity contribution in [3.05, 3.63) is 69.8 Å². The fourth-order valence-corrected chi connectivity index (χ4v) is 3.11. The van der Waals surface area contributed by atoms with Gasteiger partial charge in [0.05, 0.1) is 28.1 Å². The number of aliphatic hydroxyl groups is 1. The third kappa shape index (κ3) is 3.28. The summed E-state index contributed by atoms with van der Waals surface area (Å²) < 4.78 is 12.3. The standard InChI is InChI=1S/C14H13NO4S/c16-9-12-3-1-2-4-14(12)20(19)10-11-5-7-13(8-6-11)15(17)18/h1-8,16H,9-10H2. The van der Waals surface area contributed by atoms with E-state index in [1.54, 1.807) is 36.4 Å². The number of rotatable bonds is 5. The van der Waals surface area contributed by atoms with Crippen molar-refractivity contribution in [2.45, 2.75) is 17.3 Å². The molecule has 1 N–H and O–H groups in total. The van der Waals surface area contributed by atoms with Gasteiger partial charge < -0.3 is 5.11 Å². The fraction of sp³-hybridized carbons (Fsp3) is 0.143. The molecule has 0 amide bonds. The first kappa shape index (κ1) is 14.4. The van der Waals surface area contributed by atoms with E-state index in [-0.39, 0.29) is 18.0 Å². The Morgan fingerprint density at radius 3 is 2.35 bits per heavy atom. The summed E-state index contributed by atoms with van der Waals surface area (Å²) in [4.78, 5) is 10.7. The van der Waals surface area contributed by atoms with E-state index < -0.39 is 15.7 Å². The maximum atomic E-state index is 12.3. The summed E-state index contributed by atoms with van der Waals surface area (Å²) in [7, 11) is -1.29. The molecule has 0 radical (unpaired) electrons. The van der Waals surface area contributed by atoms with Crippen molar-refractivity contribution in [2.75, 3.05) is 0 Å². The molecule has 0 heterocycles. The number of aliphatic hydroxyl groups excluding tert-OH is 1. The van der Waals surface area contributed by atoms with Gasteiger partial charge in [-0.2, -0.15) is 0 Å². The first-order valence-corrected chi connectivity index (χ1v) is 7.24. The minimum Gasteiger partial charge on any atom is -0.392 e. The minimum absolute atomic E-state index is 0.00953. The Balaban J connectivity index is 2.17. The molecule has 2 aromatic rings. The van der Waals surface area contributed by atoms with Gasteiger partial charge in [-0.05, 0) is 17.2 Å². The van der Waals surface area contributed by atoms with Gasteiger partial charge in [-0.15, -0.1) is 0 Å². The molecule has 0 aliphatic rings. The second-order valence-electron chi connectivity index (χ2n) is 4.18. The van der Waals surface area contributed by atoms with E-state index in [2.05, 4.69) is 0 Å². The summed E-state index contributed by atoms with van der Waals surface area (Å²) in [6.07, 6.45) is 0. The van der Waals surface area contributed by atoms with Crippen LogP contribution >= 0.6 is 0 Å². The summed E-state index contributed by atoms with van der Waals surface area (Å²) in [5.74, 6) is 0.259. The number of nitrogens with zero attached hydrogens (tertiary/aromatic N) is 1. The quantitative estimate of drug-likeness (QED) is 0.677. The molecule has 0 spiro atoms. The maximum Gasteiger partial charge on any atom is 0.269 e. The highest BCUT2D eigenvalue weighted by molar-refractivity contribution is 7.84. The summed E-state index contributed by atoms with van der Waals surface area (Å²) in [5.41, 5.74) is 1.39. The molecule has 0 saturated carbocycles. The van der Waals surface area contributed by atoms with Gasteiger partial charge in [0, 0.05) is 17.0 Å². The fourth-order valence-electron chi connectivity index (χ4n) is 1.80. The lowest BCUT2D eigenvalue weighted by Crippen LogP contribution is -2.01. The number of non-ortho nitro benzene ring substituents is 1. The topological polar surface area (TPSA) is 80.4 Å². The van der Waals surface area contributed by atoms with Crippen LogP contribution < -0.4 is 0 Å². The predicted octanol–water partition coefficient (Wildman–Crippen LogP) is 2.39. The zero-order valence-electron chi connectivity index (χ0n) is 10.6. The van der Waals surface area contributed by atoms with Crippen LogP contribution in [-0.4, -0.2) is 14.2 Å². The van der Waals surface area contributed by atoms with Gasteiger partial charge in [-0.25, -0.2) is 0 Å². The third-order valence-electron chi connectivity index (χ3n) is 2.83. The number of nitro benzene ring substituents is 1. The second-order valence-corrected chi connectivity index (χ2v) is 5.60. The summed E-state index contributed by atoms with van der Waals surface area (Å²) in [6.45, 7) is -0.165. The monoisotopic (exact) mass is 291 g/mol. The third-order valence-corrected chi connectivity index (χ3v) is 4.32. The Bertz CT molecular complexity index is 640. The molecule has 1 atom stereocenters. The van der Waals surface area contributed by atoms with E-state index in [0.29, 0.717) is 10.5 Å². The van der Waals surface area contributed by atoms with Gasteiger partial charge >= 0.3 is 0 Å². The van der Waals surface area contributed by atoms with E-state index in [1.165, 1.54) is 12.1 Å². The van der Waals surface area contributed by atoms with Gasteiger partial charge in [0.1, 0.15) is 0 Å². The van der Waals surface area contributed by atoms with Crippen LogP contribution in [0.25, 0.3) is 0 Å². The van der Waals surface area contributed by atoms with Crippen molar-refractivity contribution in [3.63, 3.8) is 0 Å². The molecule has 0 aliphatic heterocycles. The average Bonchev–Trinajstić information content (AvgIpc) is 2.47. The summed E-state index contributed by atoms with van der Waals surface area (Å²) in [5, 5.41) is 19.8. The van der Waals surface area contributed by atoms with E-state index in [0.717, 1.165) is 5.56 Å². The molecular formula is C14H13NO4S. The van der Waals surface area contributed by atoms with Crippen molar-refractivity contribution in [1.82, 2.24) is 0 Å². The number of hydrogen-bond donors (Lipinski definition) is 1. The molecule has 0 aromatic heterocycles. The molecule has 0 fully saturated rings. The van der Waals surface area contributed by atoms with Gasteiger partial charge in [0.15, 0.2) is 0 Å². The molecular weight excluding hydrogens is 278 g/mol. The SMILES string of the molecule is O=[N+]([O-])c1ccc(CS(=O)c2ccccc2CO)cc1. The van der Waals surface area contributed by atoms with Crippen molar-refractivity contribution in [1.29, 1.82) is 0 Å². The average molecular weight is 291 g/mol. The summed E-state index contributed by atoms with van der Waals surface area (Å²) >= 11 is 0. The van der Waals surface area contributed by atoms with Crippen molar-refractivity contribution in [3.8, 4) is 0 Å². The molecule has 0 aliphatic carbocycles. The van der Waals surface area contributed by atoms with Crippen LogP contribution in [0.1, 0.15) is 11.1 Å². The molecule has 5 nitrogen and oxygen atoms in total. The Hall–Kier alpha value is -2.05. The molecule has 104 valence electrons. The van der Waals surface area contributed by atoms with Crippen LogP contribution in [0, 0.1) is 10.1 Å². The smallest absolute Gasteiger partial charge is 0.269 e. The van der Waals surface area contributed by atoms with Gasteiger partial charge in [-0.1, -0.05) is 30.3 Å². The van der Waals surface area contributed by atoms with E-state index in [9.17, 15) is 19.4 Å². The summed E-state index contributed by atoms with van der Waals surface area (Å²) in [6, 6.07) is 13.0. The second kappa shape index (κ2) is 6.40. The Morgan fingerprint density at radius 1 is 1.10 bits per heavy atom. The maximum absolute atomic E-state index is 12.3. The molecule has 2 aromatic carbocycles. The first-order valence-electron chi connectivity index (χ1n) is 5.92. The van der Waals surface area contributed by atoms with Gasteiger partial charge in [0.2, 0.25) is 0 Å². The number of benzene rings is 2. The van der Waals surface area contributed by atoms with Crippen LogP contribution in [0.15, 0.2) is 53.4 Å². The van der Waals surface area contributed by atoms with Crippen LogP contribution in [0.5, 0.6) is 0 Å². The molecule has 0 bridgehead atoms. The van der Waals surface area contributed by atoms with Gasteiger partial charge in [-0.3, -0.25) is 14.3 Å². The van der Waals surface area contributed by atoms with E-state index >= 15 is 0 Å².